The Bertz CT molecular complexity index is 317. The molecule has 0 atom stereocenters. The van der Waals surface area contributed by atoms with E-state index in [9.17, 15) is 8.78 Å². The topological polar surface area (TPSA) is 12.9 Å². The van der Waals surface area contributed by atoms with Gasteiger partial charge in [0.25, 0.3) is 6.43 Å². The van der Waals surface area contributed by atoms with Gasteiger partial charge < -0.3 is 0 Å². The number of aromatic nitrogens is 1. The normalized spacial score (nSPS) is 10.9. The number of rotatable bonds is 2. The van der Waals surface area contributed by atoms with E-state index in [2.05, 4.69) is 20.9 Å². The van der Waals surface area contributed by atoms with Crippen molar-refractivity contribution in [3.63, 3.8) is 0 Å². The standard InChI is InChI=1S/C8H7BrClF2N/c1-4-7(10)6(8(11)12)2-5(3-9)13-4/h2,8H,3H2,1H3. The first-order chi connectivity index (χ1) is 6.06. The van der Waals surface area contributed by atoms with Crippen LogP contribution in [0.5, 0.6) is 0 Å². The first-order valence-electron chi connectivity index (χ1n) is 3.56. The largest absolute Gasteiger partial charge is 0.265 e. The molecule has 0 N–H and O–H groups in total. The van der Waals surface area contributed by atoms with Gasteiger partial charge in [0, 0.05) is 10.9 Å². The Morgan fingerprint density at radius 3 is 2.69 bits per heavy atom. The van der Waals surface area contributed by atoms with Crippen LogP contribution >= 0.6 is 27.5 Å². The molecule has 72 valence electrons. The maximum Gasteiger partial charge on any atom is 0.265 e. The van der Waals surface area contributed by atoms with Crippen LogP contribution in [0.4, 0.5) is 8.78 Å². The van der Waals surface area contributed by atoms with Crippen LogP contribution in [0.2, 0.25) is 5.02 Å². The quantitative estimate of drug-likeness (QED) is 0.743. The molecule has 0 aromatic carbocycles. The Morgan fingerprint density at radius 2 is 2.23 bits per heavy atom. The van der Waals surface area contributed by atoms with Gasteiger partial charge >= 0.3 is 0 Å². The second-order valence-electron chi connectivity index (χ2n) is 2.54. The summed E-state index contributed by atoms with van der Waals surface area (Å²) in [6.45, 7) is 1.61. The third kappa shape index (κ3) is 2.38. The van der Waals surface area contributed by atoms with Crippen LogP contribution in [0, 0.1) is 6.92 Å². The summed E-state index contributed by atoms with van der Waals surface area (Å²) in [5, 5.41) is 0.504. The Kier molecular flexibility index (Phi) is 3.62. The number of alkyl halides is 3. The van der Waals surface area contributed by atoms with Gasteiger partial charge in [-0.2, -0.15) is 0 Å². The zero-order chi connectivity index (χ0) is 10.0. The molecule has 1 nitrogen and oxygen atoms in total. The average Bonchev–Trinajstić information content (AvgIpc) is 2.09. The minimum Gasteiger partial charge on any atom is -0.256 e. The van der Waals surface area contributed by atoms with E-state index in [1.54, 1.807) is 6.92 Å². The first-order valence-corrected chi connectivity index (χ1v) is 5.06. The summed E-state index contributed by atoms with van der Waals surface area (Å²) in [5.74, 6) is 0. The Balaban J connectivity index is 3.25. The number of halogens is 4. The van der Waals surface area contributed by atoms with Crippen molar-refractivity contribution in [2.24, 2.45) is 0 Å². The fourth-order valence-electron chi connectivity index (χ4n) is 0.976. The summed E-state index contributed by atoms with van der Waals surface area (Å²) in [5.41, 5.74) is 0.856. The SMILES string of the molecule is Cc1nc(CBr)cc(C(F)F)c1Cl. The summed E-state index contributed by atoms with van der Waals surface area (Å²) in [4.78, 5) is 4.02. The Labute approximate surface area is 88.2 Å². The van der Waals surface area contributed by atoms with Crippen LogP contribution in [0.25, 0.3) is 0 Å². The molecule has 0 amide bonds. The van der Waals surface area contributed by atoms with E-state index in [0.29, 0.717) is 16.7 Å². The molecule has 0 saturated heterocycles. The van der Waals surface area contributed by atoms with E-state index in [4.69, 9.17) is 11.6 Å². The lowest BCUT2D eigenvalue weighted by Gasteiger charge is -2.07. The molecule has 1 aromatic heterocycles. The molecule has 0 aliphatic heterocycles. The van der Waals surface area contributed by atoms with E-state index in [1.807, 2.05) is 0 Å². The minimum absolute atomic E-state index is 0.0553. The maximum atomic E-state index is 12.4. The molecule has 0 saturated carbocycles. The smallest absolute Gasteiger partial charge is 0.256 e. The van der Waals surface area contributed by atoms with Gasteiger partial charge in [-0.1, -0.05) is 27.5 Å². The van der Waals surface area contributed by atoms with Crippen LogP contribution in [0.1, 0.15) is 23.4 Å². The number of hydrogen-bond donors (Lipinski definition) is 0. The highest BCUT2D eigenvalue weighted by molar-refractivity contribution is 9.08. The van der Waals surface area contributed by atoms with Crippen LogP contribution in [-0.4, -0.2) is 4.98 Å². The lowest BCUT2D eigenvalue weighted by Crippen LogP contribution is -1.96. The summed E-state index contributed by atoms with van der Waals surface area (Å²) in [6, 6.07) is 1.31. The molecule has 0 aliphatic rings. The van der Waals surface area contributed by atoms with E-state index in [-0.39, 0.29) is 10.6 Å². The van der Waals surface area contributed by atoms with Gasteiger partial charge in [0.2, 0.25) is 0 Å². The predicted octanol–water partition coefficient (Wildman–Crippen LogP) is 3.88. The van der Waals surface area contributed by atoms with Crippen molar-refractivity contribution in [2.45, 2.75) is 18.7 Å². The summed E-state index contributed by atoms with van der Waals surface area (Å²) in [7, 11) is 0. The first kappa shape index (κ1) is 10.9. The van der Waals surface area contributed by atoms with E-state index < -0.39 is 6.43 Å². The van der Waals surface area contributed by atoms with Crippen LogP contribution in [0.3, 0.4) is 0 Å². The highest BCUT2D eigenvalue weighted by atomic mass is 79.9. The van der Waals surface area contributed by atoms with Crippen molar-refractivity contribution >= 4 is 27.5 Å². The van der Waals surface area contributed by atoms with Gasteiger partial charge in [-0.3, -0.25) is 4.98 Å². The molecule has 0 spiro atoms. The molecular weight excluding hydrogens is 263 g/mol. The predicted molar refractivity (Wildman–Crippen MR) is 51.6 cm³/mol. The van der Waals surface area contributed by atoms with Crippen molar-refractivity contribution in [3.05, 3.63) is 28.0 Å². The minimum atomic E-state index is -2.55. The highest BCUT2D eigenvalue weighted by Gasteiger charge is 2.15. The number of hydrogen-bond acceptors (Lipinski definition) is 1. The van der Waals surface area contributed by atoms with Crippen molar-refractivity contribution in [1.82, 2.24) is 4.98 Å². The fourth-order valence-corrected chi connectivity index (χ4v) is 1.44. The number of aryl methyl sites for hydroxylation is 1. The van der Waals surface area contributed by atoms with Crippen molar-refractivity contribution in [3.8, 4) is 0 Å². The van der Waals surface area contributed by atoms with Crippen molar-refractivity contribution in [2.75, 3.05) is 0 Å². The van der Waals surface area contributed by atoms with Gasteiger partial charge in [0.1, 0.15) is 0 Å². The monoisotopic (exact) mass is 269 g/mol. The molecule has 0 aliphatic carbocycles. The molecule has 0 unspecified atom stereocenters. The van der Waals surface area contributed by atoms with Crippen molar-refractivity contribution < 1.29 is 8.78 Å². The Morgan fingerprint density at radius 1 is 1.62 bits per heavy atom. The molecule has 1 heterocycles. The third-order valence-electron chi connectivity index (χ3n) is 1.58. The number of pyridine rings is 1. The zero-order valence-electron chi connectivity index (χ0n) is 6.82. The molecule has 0 fully saturated rings. The average molecular weight is 271 g/mol. The zero-order valence-corrected chi connectivity index (χ0v) is 9.16. The van der Waals surface area contributed by atoms with Gasteiger partial charge in [-0.15, -0.1) is 0 Å². The van der Waals surface area contributed by atoms with Crippen LogP contribution in [-0.2, 0) is 5.33 Å². The van der Waals surface area contributed by atoms with Gasteiger partial charge in [0.15, 0.2) is 0 Å². The molecule has 1 aromatic rings. The second-order valence-corrected chi connectivity index (χ2v) is 3.48. The van der Waals surface area contributed by atoms with Gasteiger partial charge in [-0.05, 0) is 13.0 Å². The van der Waals surface area contributed by atoms with E-state index >= 15 is 0 Å². The lowest BCUT2D eigenvalue weighted by molar-refractivity contribution is 0.151. The molecule has 0 radical (unpaired) electrons. The highest BCUT2D eigenvalue weighted by Crippen LogP contribution is 2.29. The maximum absolute atomic E-state index is 12.4. The van der Waals surface area contributed by atoms with Gasteiger partial charge in [-0.25, -0.2) is 8.78 Å². The van der Waals surface area contributed by atoms with E-state index in [0.717, 1.165) is 0 Å². The molecule has 1 rings (SSSR count). The van der Waals surface area contributed by atoms with E-state index in [1.165, 1.54) is 6.07 Å². The lowest BCUT2D eigenvalue weighted by atomic mass is 10.2. The van der Waals surface area contributed by atoms with Crippen molar-refractivity contribution in [1.29, 1.82) is 0 Å². The fraction of sp³-hybridized carbons (Fsp3) is 0.375. The number of nitrogens with zero attached hydrogens (tertiary/aromatic N) is 1. The van der Waals surface area contributed by atoms with Gasteiger partial charge in [0.05, 0.1) is 16.4 Å². The van der Waals surface area contributed by atoms with Crippen LogP contribution in [0.15, 0.2) is 6.07 Å². The summed E-state index contributed by atoms with van der Waals surface area (Å²) in [6.07, 6.45) is -2.55. The molecule has 13 heavy (non-hydrogen) atoms. The second kappa shape index (κ2) is 4.33. The van der Waals surface area contributed by atoms with Crippen LogP contribution < -0.4 is 0 Å². The summed E-state index contributed by atoms with van der Waals surface area (Å²) < 4.78 is 24.8. The summed E-state index contributed by atoms with van der Waals surface area (Å²) >= 11 is 8.81. The molecular formula is C8H7BrClF2N. The molecule has 5 heteroatoms. The third-order valence-corrected chi connectivity index (χ3v) is 2.64. The molecule has 0 bridgehead atoms. The Hall–Kier alpha value is -0.220.